The van der Waals surface area contributed by atoms with Gasteiger partial charge in [-0.1, -0.05) is 23.4 Å². The molecule has 0 radical (unpaired) electrons. The Kier molecular flexibility index (Phi) is 5.45. The molecule has 9 heteroatoms. The molecule has 0 aliphatic rings. The summed E-state index contributed by atoms with van der Waals surface area (Å²) in [6, 6.07) is 8.52. The first kappa shape index (κ1) is 15.9. The molecule has 1 amide bonds. The van der Waals surface area contributed by atoms with Crippen molar-refractivity contribution in [2.75, 3.05) is 11.2 Å². The number of rotatable bonds is 6. The minimum atomic E-state index is -1.29. The van der Waals surface area contributed by atoms with Crippen molar-refractivity contribution in [3.63, 3.8) is 0 Å². The fraction of sp³-hybridized carbons (Fsp3) is 0.0769. The molecule has 2 rings (SSSR count). The van der Waals surface area contributed by atoms with Gasteiger partial charge >= 0.3 is 5.97 Å². The minimum Gasteiger partial charge on any atom is -0.476 e. The molecule has 2 N–H and O–H groups in total. The van der Waals surface area contributed by atoms with Gasteiger partial charge in [-0.3, -0.25) is 4.79 Å². The summed E-state index contributed by atoms with van der Waals surface area (Å²) in [5.41, 5.74) is -0.287. The maximum absolute atomic E-state index is 11.3. The van der Waals surface area contributed by atoms with E-state index in [1.54, 1.807) is 30.3 Å². The van der Waals surface area contributed by atoms with Crippen LogP contribution in [0.15, 0.2) is 40.9 Å². The highest BCUT2D eigenvalue weighted by atomic mass is 35.5. The molecule has 2 aromatic rings. The van der Waals surface area contributed by atoms with Gasteiger partial charge in [0.1, 0.15) is 11.6 Å². The number of alkyl halides is 1. The van der Waals surface area contributed by atoms with E-state index in [1.807, 2.05) is 0 Å². The monoisotopic (exact) mass is 339 g/mol. The van der Waals surface area contributed by atoms with Gasteiger partial charge in [0, 0.05) is 5.38 Å². The molecule has 1 heterocycles. The number of anilines is 1. The molecule has 1 aromatic carbocycles. The molecule has 0 unspecified atom stereocenters. The lowest BCUT2D eigenvalue weighted by atomic mass is 10.3. The Labute approximate surface area is 134 Å². The van der Waals surface area contributed by atoms with Gasteiger partial charge in [-0.25, -0.2) is 9.78 Å². The summed E-state index contributed by atoms with van der Waals surface area (Å²) in [7, 11) is 0. The molecule has 0 spiro atoms. The second-order valence-corrected chi connectivity index (χ2v) is 4.99. The van der Waals surface area contributed by atoms with Crippen molar-refractivity contribution in [2.24, 2.45) is 5.16 Å². The fourth-order valence-electron chi connectivity index (χ4n) is 1.37. The van der Waals surface area contributed by atoms with Crippen LogP contribution in [-0.2, 0) is 9.59 Å². The van der Waals surface area contributed by atoms with Crippen molar-refractivity contribution in [3.8, 4) is 5.75 Å². The molecule has 7 nitrogen and oxygen atoms in total. The highest BCUT2D eigenvalue weighted by Crippen LogP contribution is 2.17. The Morgan fingerprint density at radius 3 is 2.73 bits per heavy atom. The van der Waals surface area contributed by atoms with E-state index in [-0.39, 0.29) is 22.4 Å². The van der Waals surface area contributed by atoms with Crippen LogP contribution in [0.5, 0.6) is 5.75 Å². The first-order valence-corrected chi connectivity index (χ1v) is 7.36. The first-order chi connectivity index (χ1) is 10.6. The van der Waals surface area contributed by atoms with Crippen LogP contribution in [0, 0.1) is 0 Å². The second kappa shape index (κ2) is 7.53. The summed E-state index contributed by atoms with van der Waals surface area (Å²) in [6.07, 6.45) is 0. The number of hydrogen-bond acceptors (Lipinski definition) is 6. The van der Waals surface area contributed by atoms with E-state index in [9.17, 15) is 14.7 Å². The number of carbonyl (C=O) groups excluding carboxylic acids is 1. The maximum atomic E-state index is 11.3. The number of hydrogen-bond donors (Lipinski definition) is 2. The number of nitrogens with zero attached hydrogens (tertiary/aromatic N) is 2. The highest BCUT2D eigenvalue weighted by Gasteiger charge is 2.18. The molecule has 0 saturated heterocycles. The third-order valence-electron chi connectivity index (χ3n) is 2.30. The van der Waals surface area contributed by atoms with Crippen molar-refractivity contribution in [3.05, 3.63) is 41.4 Å². The van der Waals surface area contributed by atoms with Crippen LogP contribution in [0.1, 0.15) is 5.69 Å². The van der Waals surface area contributed by atoms with Gasteiger partial charge in [0.15, 0.2) is 10.9 Å². The number of oxime groups is 1. The SMILES string of the molecule is O=C(CCl)Nc1nc(/C(=N\Oc2ccccc2)C(=O)O)cs1. The summed E-state index contributed by atoms with van der Waals surface area (Å²) in [4.78, 5) is 31.4. The Bertz CT molecular complexity index is 702. The summed E-state index contributed by atoms with van der Waals surface area (Å²) < 4.78 is 0. The van der Waals surface area contributed by atoms with Gasteiger partial charge in [-0.05, 0) is 12.1 Å². The predicted molar refractivity (Wildman–Crippen MR) is 82.7 cm³/mol. The molecule has 0 atom stereocenters. The molecule has 0 fully saturated rings. The number of para-hydroxylation sites is 1. The minimum absolute atomic E-state index is 0.0818. The lowest BCUT2D eigenvalue weighted by Gasteiger charge is -2.00. The standard InChI is InChI=1S/C13H10ClN3O4S/c14-6-10(18)16-13-15-9(7-22-13)11(12(19)20)17-21-8-4-2-1-3-5-8/h1-5,7H,6H2,(H,19,20)(H,15,16,18)/b17-11+. The number of benzene rings is 1. The number of amides is 1. The van der Waals surface area contributed by atoms with Gasteiger partial charge in [0.05, 0.1) is 0 Å². The van der Waals surface area contributed by atoms with Gasteiger partial charge < -0.3 is 15.3 Å². The molecule has 0 aliphatic carbocycles. The van der Waals surface area contributed by atoms with Crippen LogP contribution >= 0.6 is 22.9 Å². The van der Waals surface area contributed by atoms with Crippen LogP contribution in [-0.4, -0.2) is 33.6 Å². The second-order valence-electron chi connectivity index (χ2n) is 3.87. The molecule has 0 saturated carbocycles. The zero-order chi connectivity index (χ0) is 15.9. The Hall–Kier alpha value is -2.45. The maximum Gasteiger partial charge on any atom is 0.360 e. The van der Waals surface area contributed by atoms with E-state index in [1.165, 1.54) is 5.38 Å². The normalized spacial score (nSPS) is 11.0. The number of carboxylic acid groups (broad SMARTS) is 1. The molecular formula is C13H10ClN3O4S. The smallest absolute Gasteiger partial charge is 0.360 e. The molecule has 0 aliphatic heterocycles. The van der Waals surface area contributed by atoms with Gasteiger partial charge in [0.2, 0.25) is 11.6 Å². The number of aromatic nitrogens is 1. The number of carbonyl (C=O) groups is 2. The topological polar surface area (TPSA) is 101 Å². The molecule has 1 aromatic heterocycles. The molecule has 22 heavy (non-hydrogen) atoms. The lowest BCUT2D eigenvalue weighted by molar-refractivity contribution is -0.129. The van der Waals surface area contributed by atoms with Crippen LogP contribution in [0.4, 0.5) is 5.13 Å². The van der Waals surface area contributed by atoms with Crippen LogP contribution in [0.25, 0.3) is 0 Å². The average molecular weight is 340 g/mol. The summed E-state index contributed by atoms with van der Waals surface area (Å²) in [5.74, 6) is -1.55. The van der Waals surface area contributed by atoms with E-state index in [0.29, 0.717) is 5.75 Å². The van der Waals surface area contributed by atoms with Gasteiger partial charge in [0.25, 0.3) is 0 Å². The zero-order valence-corrected chi connectivity index (χ0v) is 12.6. The quantitative estimate of drug-likeness (QED) is 0.477. The Balaban J connectivity index is 2.18. The first-order valence-electron chi connectivity index (χ1n) is 5.95. The van der Waals surface area contributed by atoms with E-state index in [0.717, 1.165) is 11.3 Å². The third-order valence-corrected chi connectivity index (χ3v) is 3.30. The van der Waals surface area contributed by atoms with Crippen LogP contribution < -0.4 is 10.2 Å². The fourth-order valence-corrected chi connectivity index (χ4v) is 2.15. The number of halogens is 1. The number of nitrogens with one attached hydrogen (secondary N) is 1. The van der Waals surface area contributed by atoms with Crippen LogP contribution in [0.2, 0.25) is 0 Å². The summed E-state index contributed by atoms with van der Waals surface area (Å²) >= 11 is 6.43. The van der Waals surface area contributed by atoms with E-state index in [2.05, 4.69) is 15.5 Å². The lowest BCUT2D eigenvalue weighted by Crippen LogP contribution is -2.17. The summed E-state index contributed by atoms with van der Waals surface area (Å²) in [5, 5.41) is 16.9. The zero-order valence-electron chi connectivity index (χ0n) is 11.0. The number of aliphatic carboxylic acids is 1. The Morgan fingerprint density at radius 2 is 2.09 bits per heavy atom. The van der Waals surface area contributed by atoms with Gasteiger partial charge in [-0.15, -0.1) is 22.9 Å². The largest absolute Gasteiger partial charge is 0.476 e. The van der Waals surface area contributed by atoms with E-state index in [4.69, 9.17) is 16.4 Å². The number of thiazole rings is 1. The Morgan fingerprint density at radius 1 is 1.36 bits per heavy atom. The van der Waals surface area contributed by atoms with Crippen molar-refractivity contribution < 1.29 is 19.5 Å². The summed E-state index contributed by atoms with van der Waals surface area (Å²) in [6.45, 7) is 0. The van der Waals surface area contributed by atoms with E-state index < -0.39 is 11.9 Å². The molecular weight excluding hydrogens is 330 g/mol. The van der Waals surface area contributed by atoms with E-state index >= 15 is 0 Å². The van der Waals surface area contributed by atoms with Crippen molar-refractivity contribution >= 4 is 45.7 Å². The predicted octanol–water partition coefficient (Wildman–Crippen LogP) is 2.19. The van der Waals surface area contributed by atoms with Crippen molar-refractivity contribution in [2.45, 2.75) is 0 Å². The molecule has 114 valence electrons. The van der Waals surface area contributed by atoms with Crippen LogP contribution in [0.3, 0.4) is 0 Å². The number of carboxylic acids is 1. The van der Waals surface area contributed by atoms with Crippen molar-refractivity contribution in [1.29, 1.82) is 0 Å². The third kappa shape index (κ3) is 4.27. The van der Waals surface area contributed by atoms with Gasteiger partial charge in [-0.2, -0.15) is 0 Å². The average Bonchev–Trinajstić information content (AvgIpc) is 2.96. The molecule has 0 bridgehead atoms. The highest BCUT2D eigenvalue weighted by molar-refractivity contribution is 7.14. The van der Waals surface area contributed by atoms with Crippen molar-refractivity contribution in [1.82, 2.24) is 4.98 Å².